The number of aromatic nitrogens is 3. The van der Waals surface area contributed by atoms with Crippen LogP contribution in [0.5, 0.6) is 0 Å². The first-order chi connectivity index (χ1) is 11.1. The number of aliphatic hydroxyl groups is 1. The summed E-state index contributed by atoms with van der Waals surface area (Å²) >= 11 is 0. The van der Waals surface area contributed by atoms with Gasteiger partial charge in [0, 0.05) is 19.3 Å². The van der Waals surface area contributed by atoms with Gasteiger partial charge in [-0.3, -0.25) is 9.78 Å². The molecule has 0 aliphatic carbocycles. The van der Waals surface area contributed by atoms with E-state index in [1.807, 2.05) is 23.1 Å². The minimum Gasteiger partial charge on any atom is -0.387 e. The van der Waals surface area contributed by atoms with Crippen molar-refractivity contribution in [3.05, 3.63) is 41.5 Å². The van der Waals surface area contributed by atoms with Crippen LogP contribution < -0.4 is 0 Å². The summed E-state index contributed by atoms with van der Waals surface area (Å²) in [5.74, 6) is 0.152. The van der Waals surface area contributed by atoms with Crippen molar-refractivity contribution in [3.8, 4) is 0 Å². The first-order valence-corrected chi connectivity index (χ1v) is 7.80. The lowest BCUT2D eigenvalue weighted by atomic mass is 9.89. The van der Waals surface area contributed by atoms with Crippen LogP contribution in [0.4, 0.5) is 0 Å². The van der Waals surface area contributed by atoms with Crippen LogP contribution in [0, 0.1) is 12.8 Å². The highest BCUT2D eigenvalue weighted by molar-refractivity contribution is 5.78. The molecule has 1 fully saturated rings. The zero-order valence-corrected chi connectivity index (χ0v) is 13.1. The van der Waals surface area contributed by atoms with E-state index in [4.69, 9.17) is 0 Å². The van der Waals surface area contributed by atoms with Crippen molar-refractivity contribution in [2.45, 2.75) is 32.3 Å². The number of hydrogen-bond donors (Lipinski definition) is 1. The van der Waals surface area contributed by atoms with Crippen molar-refractivity contribution in [3.63, 3.8) is 0 Å². The lowest BCUT2D eigenvalue weighted by molar-refractivity contribution is -0.132. The van der Waals surface area contributed by atoms with Gasteiger partial charge in [-0.2, -0.15) is 0 Å². The topological polar surface area (TPSA) is 92.4 Å². The molecule has 0 bridgehead atoms. The van der Waals surface area contributed by atoms with Crippen molar-refractivity contribution in [2.24, 2.45) is 5.92 Å². The van der Waals surface area contributed by atoms with E-state index in [9.17, 15) is 9.90 Å². The van der Waals surface area contributed by atoms with Crippen LogP contribution in [0.1, 0.15) is 36.0 Å². The van der Waals surface area contributed by atoms with Crippen LogP contribution in [-0.4, -0.2) is 44.3 Å². The van der Waals surface area contributed by atoms with Crippen LogP contribution in [0.25, 0.3) is 0 Å². The number of piperidine rings is 1. The number of hydrogen-bond acceptors (Lipinski definition) is 6. The summed E-state index contributed by atoms with van der Waals surface area (Å²) in [7, 11) is 0. The number of aryl methyl sites for hydroxylation is 1. The van der Waals surface area contributed by atoms with Gasteiger partial charge < -0.3 is 10.0 Å². The second-order valence-corrected chi connectivity index (χ2v) is 5.89. The Kier molecular flexibility index (Phi) is 4.66. The van der Waals surface area contributed by atoms with Crippen molar-refractivity contribution in [1.29, 1.82) is 0 Å². The highest BCUT2D eigenvalue weighted by Crippen LogP contribution is 2.29. The van der Waals surface area contributed by atoms with E-state index < -0.39 is 6.10 Å². The Morgan fingerprint density at radius 1 is 1.39 bits per heavy atom. The molecule has 0 saturated carbocycles. The minimum absolute atomic E-state index is 0.0228. The average Bonchev–Trinajstić information content (AvgIpc) is 3.00. The third-order valence-corrected chi connectivity index (χ3v) is 4.39. The molecule has 3 heterocycles. The van der Waals surface area contributed by atoms with Crippen molar-refractivity contribution in [2.75, 3.05) is 13.1 Å². The molecule has 1 aliphatic heterocycles. The van der Waals surface area contributed by atoms with Crippen LogP contribution in [0.15, 0.2) is 29.0 Å². The van der Waals surface area contributed by atoms with Gasteiger partial charge in [-0.25, -0.2) is 4.63 Å². The predicted molar refractivity (Wildman–Crippen MR) is 81.2 cm³/mol. The second kappa shape index (κ2) is 6.87. The zero-order valence-electron chi connectivity index (χ0n) is 13.1. The summed E-state index contributed by atoms with van der Waals surface area (Å²) in [4.78, 5) is 18.3. The lowest BCUT2D eigenvalue weighted by Crippen LogP contribution is -2.40. The Bertz CT molecular complexity index is 650. The molecule has 0 spiro atoms. The van der Waals surface area contributed by atoms with Crippen LogP contribution in [0.3, 0.4) is 0 Å². The van der Waals surface area contributed by atoms with Gasteiger partial charge in [-0.15, -0.1) is 0 Å². The van der Waals surface area contributed by atoms with Gasteiger partial charge in [-0.05, 0) is 37.8 Å². The molecular formula is C16H20N4O3. The Morgan fingerprint density at radius 2 is 2.17 bits per heavy atom. The van der Waals surface area contributed by atoms with E-state index in [-0.39, 0.29) is 18.2 Å². The largest absolute Gasteiger partial charge is 0.387 e. The van der Waals surface area contributed by atoms with Gasteiger partial charge in [-0.1, -0.05) is 16.4 Å². The fraction of sp³-hybridized carbons (Fsp3) is 0.500. The molecular weight excluding hydrogens is 296 g/mol. The van der Waals surface area contributed by atoms with Gasteiger partial charge in [0.05, 0.1) is 18.2 Å². The average molecular weight is 316 g/mol. The number of carbonyl (C=O) groups excluding carboxylic acids is 1. The molecule has 122 valence electrons. The molecule has 3 rings (SSSR count). The molecule has 0 radical (unpaired) electrons. The maximum absolute atomic E-state index is 12.3. The van der Waals surface area contributed by atoms with Crippen LogP contribution in [-0.2, 0) is 11.2 Å². The minimum atomic E-state index is -0.574. The van der Waals surface area contributed by atoms with E-state index in [1.54, 1.807) is 13.1 Å². The Hall–Kier alpha value is -2.28. The van der Waals surface area contributed by atoms with Crippen LogP contribution in [0.2, 0.25) is 0 Å². The smallest absolute Gasteiger partial charge is 0.228 e. The van der Waals surface area contributed by atoms with Gasteiger partial charge in [0.2, 0.25) is 5.91 Å². The summed E-state index contributed by atoms with van der Waals surface area (Å²) in [5, 5.41) is 17.9. The maximum atomic E-state index is 12.3. The molecule has 7 heteroatoms. The number of likely N-dealkylation sites (tertiary alicyclic amines) is 1. The third-order valence-electron chi connectivity index (χ3n) is 4.39. The molecule has 2 aromatic rings. The highest BCUT2D eigenvalue weighted by atomic mass is 16.6. The van der Waals surface area contributed by atoms with E-state index in [1.165, 1.54) is 0 Å². The summed E-state index contributed by atoms with van der Waals surface area (Å²) in [6.07, 6.45) is 2.85. The molecule has 0 unspecified atom stereocenters. The lowest BCUT2D eigenvalue weighted by Gasteiger charge is -2.34. The van der Waals surface area contributed by atoms with E-state index in [0.717, 1.165) is 12.8 Å². The number of carbonyl (C=O) groups is 1. The first-order valence-electron chi connectivity index (χ1n) is 7.80. The third kappa shape index (κ3) is 3.56. The number of aliphatic hydroxyl groups excluding tert-OH is 1. The van der Waals surface area contributed by atoms with E-state index in [0.29, 0.717) is 30.2 Å². The molecule has 7 nitrogen and oxygen atoms in total. The molecule has 1 amide bonds. The summed E-state index contributed by atoms with van der Waals surface area (Å²) in [5.41, 5.74) is 1.94. The molecule has 2 aromatic heterocycles. The Labute approximate surface area is 134 Å². The zero-order chi connectivity index (χ0) is 16.2. The van der Waals surface area contributed by atoms with Gasteiger partial charge in [0.1, 0.15) is 11.4 Å². The summed E-state index contributed by atoms with van der Waals surface area (Å²) < 4.78 is 4.62. The van der Waals surface area contributed by atoms with E-state index in [2.05, 4.69) is 19.9 Å². The summed E-state index contributed by atoms with van der Waals surface area (Å²) in [6.45, 7) is 3.05. The Morgan fingerprint density at radius 3 is 2.78 bits per heavy atom. The Balaban J connectivity index is 1.54. The van der Waals surface area contributed by atoms with Crippen molar-refractivity contribution < 1.29 is 14.5 Å². The van der Waals surface area contributed by atoms with Gasteiger partial charge in [0.25, 0.3) is 0 Å². The predicted octanol–water partition coefficient (Wildman–Crippen LogP) is 1.29. The SMILES string of the molecule is Cc1nonc1CC(=O)N1CCC([C@H](O)c2ccccn2)CC1. The highest BCUT2D eigenvalue weighted by Gasteiger charge is 2.29. The number of pyridine rings is 1. The van der Waals surface area contributed by atoms with Gasteiger partial charge >= 0.3 is 0 Å². The first kappa shape index (κ1) is 15.6. The molecule has 0 aromatic carbocycles. The van der Waals surface area contributed by atoms with Gasteiger partial charge in [0.15, 0.2) is 0 Å². The van der Waals surface area contributed by atoms with Crippen molar-refractivity contribution in [1.82, 2.24) is 20.2 Å². The molecule has 1 saturated heterocycles. The standard InChI is InChI=1S/C16H20N4O3/c1-11-14(19-23-18-11)10-15(21)20-8-5-12(6-9-20)16(22)13-4-2-3-7-17-13/h2-4,7,12,16,22H,5-6,8-10H2,1H3/t16-/m0/s1. The fourth-order valence-corrected chi connectivity index (χ4v) is 2.92. The molecule has 1 N–H and O–H groups in total. The van der Waals surface area contributed by atoms with Crippen LogP contribution >= 0.6 is 0 Å². The number of amides is 1. The normalized spacial score (nSPS) is 17.2. The molecule has 1 aliphatic rings. The molecule has 23 heavy (non-hydrogen) atoms. The quantitative estimate of drug-likeness (QED) is 0.913. The number of nitrogens with zero attached hydrogens (tertiary/aromatic N) is 4. The second-order valence-electron chi connectivity index (χ2n) is 5.89. The molecule has 1 atom stereocenters. The maximum Gasteiger partial charge on any atom is 0.228 e. The monoisotopic (exact) mass is 316 g/mol. The fourth-order valence-electron chi connectivity index (χ4n) is 2.92. The van der Waals surface area contributed by atoms with Crippen molar-refractivity contribution >= 4 is 5.91 Å². The number of rotatable bonds is 4. The van der Waals surface area contributed by atoms with E-state index >= 15 is 0 Å². The summed E-state index contributed by atoms with van der Waals surface area (Å²) in [6, 6.07) is 5.54.